The summed E-state index contributed by atoms with van der Waals surface area (Å²) in [6.45, 7) is 6.36. The number of nitrogens with two attached hydrogens (primary N) is 1. The molecule has 0 bridgehead atoms. The second-order valence-electron chi connectivity index (χ2n) is 4.00. The van der Waals surface area contributed by atoms with Crippen molar-refractivity contribution in [3.8, 4) is 0 Å². The topological polar surface area (TPSA) is 61.5 Å². The smallest absolute Gasteiger partial charge is 0.323 e. The minimum atomic E-state index is -0.579. The van der Waals surface area contributed by atoms with Gasteiger partial charge in [-0.15, -0.1) is 0 Å². The molecule has 0 spiro atoms. The molecule has 1 atom stereocenters. The summed E-state index contributed by atoms with van der Waals surface area (Å²) in [4.78, 5) is 11.3. The monoisotopic (exact) mass is 189 g/mol. The largest absolute Gasteiger partial charge is 0.462 e. The van der Waals surface area contributed by atoms with Crippen LogP contribution in [0, 0.1) is 5.41 Å². The lowest BCUT2D eigenvalue weighted by atomic mass is 9.87. The van der Waals surface area contributed by atoms with Gasteiger partial charge in [0.25, 0.3) is 0 Å². The van der Waals surface area contributed by atoms with Crippen molar-refractivity contribution in [1.29, 1.82) is 0 Å². The number of esters is 1. The number of carbonyl (C=O) groups excluding carboxylic acids is 1. The van der Waals surface area contributed by atoms with Gasteiger partial charge in [0.2, 0.25) is 0 Å². The van der Waals surface area contributed by atoms with E-state index < -0.39 is 6.04 Å². The van der Waals surface area contributed by atoms with Crippen molar-refractivity contribution >= 4 is 5.97 Å². The molecule has 0 fully saturated rings. The van der Waals surface area contributed by atoms with Gasteiger partial charge in [-0.2, -0.15) is 0 Å². The van der Waals surface area contributed by atoms with Crippen LogP contribution in [0.1, 0.15) is 20.8 Å². The van der Waals surface area contributed by atoms with Crippen molar-refractivity contribution in [3.63, 3.8) is 0 Å². The maximum absolute atomic E-state index is 11.3. The molecule has 4 nitrogen and oxygen atoms in total. The number of methoxy groups -OCH3 is 1. The highest BCUT2D eigenvalue weighted by Gasteiger charge is 2.28. The predicted octanol–water partition coefficient (Wildman–Crippen LogP) is 0.549. The van der Waals surface area contributed by atoms with Crippen molar-refractivity contribution in [3.05, 3.63) is 0 Å². The van der Waals surface area contributed by atoms with Crippen LogP contribution in [0.3, 0.4) is 0 Å². The molecule has 0 radical (unpaired) electrons. The minimum absolute atomic E-state index is 0.260. The number of ether oxygens (including phenoxy) is 2. The lowest BCUT2D eigenvalue weighted by Crippen LogP contribution is -2.43. The van der Waals surface area contributed by atoms with Crippen LogP contribution >= 0.6 is 0 Å². The summed E-state index contributed by atoms with van der Waals surface area (Å²) in [5, 5.41) is 0. The van der Waals surface area contributed by atoms with Crippen LogP contribution < -0.4 is 5.73 Å². The summed E-state index contributed by atoms with van der Waals surface area (Å²) >= 11 is 0. The Morgan fingerprint density at radius 2 is 1.92 bits per heavy atom. The van der Waals surface area contributed by atoms with E-state index in [-0.39, 0.29) is 18.0 Å². The van der Waals surface area contributed by atoms with Crippen molar-refractivity contribution in [2.75, 3.05) is 20.3 Å². The highest BCUT2D eigenvalue weighted by Crippen LogP contribution is 2.17. The molecule has 0 saturated heterocycles. The van der Waals surface area contributed by atoms with E-state index in [1.54, 1.807) is 7.11 Å². The van der Waals surface area contributed by atoms with Crippen LogP contribution in [-0.4, -0.2) is 32.3 Å². The van der Waals surface area contributed by atoms with Gasteiger partial charge in [0.15, 0.2) is 0 Å². The zero-order valence-electron chi connectivity index (χ0n) is 8.79. The molecular formula is C9H19NO3. The molecule has 0 aliphatic carbocycles. The highest BCUT2D eigenvalue weighted by molar-refractivity contribution is 5.76. The third-order valence-corrected chi connectivity index (χ3v) is 1.72. The summed E-state index contributed by atoms with van der Waals surface area (Å²) in [6.07, 6.45) is 0. The summed E-state index contributed by atoms with van der Waals surface area (Å²) in [5.74, 6) is -0.371. The Morgan fingerprint density at radius 3 is 2.31 bits per heavy atom. The van der Waals surface area contributed by atoms with E-state index >= 15 is 0 Å². The average Bonchev–Trinajstić information content (AvgIpc) is 2.01. The van der Waals surface area contributed by atoms with Gasteiger partial charge in [0.05, 0.1) is 6.61 Å². The maximum Gasteiger partial charge on any atom is 0.323 e. The Bertz CT molecular complexity index is 163. The number of hydrogen-bond acceptors (Lipinski definition) is 4. The van der Waals surface area contributed by atoms with Gasteiger partial charge < -0.3 is 15.2 Å². The lowest BCUT2D eigenvalue weighted by Gasteiger charge is -2.24. The van der Waals surface area contributed by atoms with Crippen LogP contribution in [0.5, 0.6) is 0 Å². The number of hydrogen-bond donors (Lipinski definition) is 1. The van der Waals surface area contributed by atoms with Crippen molar-refractivity contribution in [2.24, 2.45) is 11.1 Å². The second-order valence-corrected chi connectivity index (χ2v) is 4.00. The molecule has 0 aromatic heterocycles. The van der Waals surface area contributed by atoms with Crippen LogP contribution in [0.4, 0.5) is 0 Å². The molecule has 0 aliphatic rings. The highest BCUT2D eigenvalue weighted by atomic mass is 16.6. The average molecular weight is 189 g/mol. The molecule has 4 heteroatoms. The van der Waals surface area contributed by atoms with Crippen LogP contribution in [-0.2, 0) is 14.3 Å². The maximum atomic E-state index is 11.3. The van der Waals surface area contributed by atoms with Gasteiger partial charge in [0.1, 0.15) is 12.6 Å². The normalized spacial score (nSPS) is 13.9. The Morgan fingerprint density at radius 1 is 1.38 bits per heavy atom. The van der Waals surface area contributed by atoms with Gasteiger partial charge in [-0.3, -0.25) is 4.79 Å². The molecule has 0 unspecified atom stereocenters. The first-order valence-electron chi connectivity index (χ1n) is 4.30. The molecule has 0 aromatic carbocycles. The van der Waals surface area contributed by atoms with Crippen LogP contribution in [0.2, 0.25) is 0 Å². The summed E-state index contributed by atoms with van der Waals surface area (Å²) in [6, 6.07) is -0.579. The van der Waals surface area contributed by atoms with Crippen LogP contribution in [0.25, 0.3) is 0 Å². The molecule has 0 rings (SSSR count). The molecule has 0 aromatic rings. The fourth-order valence-corrected chi connectivity index (χ4v) is 0.669. The molecule has 2 N–H and O–H groups in total. The third-order valence-electron chi connectivity index (χ3n) is 1.72. The zero-order chi connectivity index (χ0) is 10.5. The Hall–Kier alpha value is -0.610. The van der Waals surface area contributed by atoms with Gasteiger partial charge in [-0.25, -0.2) is 0 Å². The molecule has 13 heavy (non-hydrogen) atoms. The SMILES string of the molecule is COCCOC(=O)[C@@H](N)C(C)(C)C. The van der Waals surface area contributed by atoms with Crippen molar-refractivity contribution in [1.82, 2.24) is 0 Å². The van der Waals surface area contributed by atoms with Gasteiger partial charge >= 0.3 is 5.97 Å². The van der Waals surface area contributed by atoms with E-state index in [0.717, 1.165) is 0 Å². The van der Waals surface area contributed by atoms with E-state index in [4.69, 9.17) is 15.2 Å². The van der Waals surface area contributed by atoms with Gasteiger partial charge in [0, 0.05) is 7.11 Å². The Balaban J connectivity index is 3.84. The van der Waals surface area contributed by atoms with Crippen LogP contribution in [0.15, 0.2) is 0 Å². The Kier molecular flexibility index (Phi) is 4.95. The molecule has 0 amide bonds. The first kappa shape index (κ1) is 12.4. The van der Waals surface area contributed by atoms with E-state index in [1.165, 1.54) is 0 Å². The van der Waals surface area contributed by atoms with E-state index in [1.807, 2.05) is 20.8 Å². The standard InChI is InChI=1S/C9H19NO3/c1-9(2,3)7(10)8(11)13-6-5-12-4/h7H,5-6,10H2,1-4H3/t7-/m1/s1. The summed E-state index contributed by atoms with van der Waals surface area (Å²) < 4.78 is 9.62. The van der Waals surface area contributed by atoms with E-state index in [9.17, 15) is 4.79 Å². The van der Waals surface area contributed by atoms with Gasteiger partial charge in [-0.1, -0.05) is 20.8 Å². The number of carbonyl (C=O) groups is 1. The summed E-state index contributed by atoms with van der Waals surface area (Å²) in [7, 11) is 1.55. The quantitative estimate of drug-likeness (QED) is 0.518. The van der Waals surface area contributed by atoms with E-state index in [2.05, 4.69) is 0 Å². The predicted molar refractivity (Wildman–Crippen MR) is 50.3 cm³/mol. The van der Waals surface area contributed by atoms with Crippen molar-refractivity contribution in [2.45, 2.75) is 26.8 Å². The first-order chi connectivity index (χ1) is 5.89. The second kappa shape index (κ2) is 5.19. The zero-order valence-corrected chi connectivity index (χ0v) is 8.79. The van der Waals surface area contributed by atoms with Gasteiger partial charge in [-0.05, 0) is 5.41 Å². The molecule has 0 aliphatic heterocycles. The first-order valence-corrected chi connectivity index (χ1v) is 4.30. The fraction of sp³-hybridized carbons (Fsp3) is 0.889. The molecule has 0 saturated carbocycles. The third kappa shape index (κ3) is 4.85. The molecule has 0 heterocycles. The van der Waals surface area contributed by atoms with E-state index in [0.29, 0.717) is 6.61 Å². The molecule has 78 valence electrons. The molecular weight excluding hydrogens is 170 g/mol. The van der Waals surface area contributed by atoms with Crippen molar-refractivity contribution < 1.29 is 14.3 Å². The Labute approximate surface area is 79.4 Å². The fourth-order valence-electron chi connectivity index (χ4n) is 0.669. The lowest BCUT2D eigenvalue weighted by molar-refractivity contribution is -0.149. The minimum Gasteiger partial charge on any atom is -0.462 e. The summed E-state index contributed by atoms with van der Waals surface area (Å²) in [5.41, 5.74) is 5.40. The number of rotatable bonds is 4.